The van der Waals surface area contributed by atoms with E-state index in [9.17, 15) is 24.3 Å². The second-order valence-electron chi connectivity index (χ2n) is 7.56. The van der Waals surface area contributed by atoms with Gasteiger partial charge in [0.2, 0.25) is 0 Å². The molecule has 0 atom stereocenters. The molecule has 1 aliphatic heterocycles. The average molecular weight is 446 g/mol. The Balaban J connectivity index is 1.84. The number of nitrogens with one attached hydrogen (secondary N) is 1. The van der Waals surface area contributed by atoms with Gasteiger partial charge in [-0.2, -0.15) is 5.26 Å². The molecule has 2 aromatic rings. The van der Waals surface area contributed by atoms with Crippen molar-refractivity contribution in [3.63, 3.8) is 0 Å². The molecule has 10 heteroatoms. The van der Waals surface area contributed by atoms with Crippen LogP contribution in [0.2, 0.25) is 5.02 Å². The standard InChI is InChI=1S/C21H21ClFN5O3/c1-11(2)25-19-20(26-16(10-24)17(27-19)21(30)31)28-7-5-12(6-8-28)18(29)14-9-13(22)3-4-15(14)23/h3-4,9,11-12H,5-8H2,1-2H3,(H,25,27)(H,30,31). The molecule has 0 amide bonds. The van der Waals surface area contributed by atoms with Crippen LogP contribution in [-0.4, -0.2) is 46.0 Å². The zero-order valence-electron chi connectivity index (χ0n) is 17.0. The van der Waals surface area contributed by atoms with Crippen molar-refractivity contribution in [1.82, 2.24) is 9.97 Å². The van der Waals surface area contributed by atoms with Crippen LogP contribution < -0.4 is 10.2 Å². The first-order valence-electron chi connectivity index (χ1n) is 9.77. The van der Waals surface area contributed by atoms with Crippen LogP contribution in [0.3, 0.4) is 0 Å². The topological polar surface area (TPSA) is 119 Å². The highest BCUT2D eigenvalue weighted by molar-refractivity contribution is 6.31. The number of piperidine rings is 1. The summed E-state index contributed by atoms with van der Waals surface area (Å²) in [7, 11) is 0. The Bertz CT molecular complexity index is 1060. The number of benzene rings is 1. The van der Waals surface area contributed by atoms with Gasteiger partial charge < -0.3 is 15.3 Å². The van der Waals surface area contributed by atoms with Gasteiger partial charge in [0.15, 0.2) is 28.8 Å². The number of carboxylic acid groups (broad SMARTS) is 1. The van der Waals surface area contributed by atoms with Crippen LogP contribution in [0.1, 0.15) is 53.2 Å². The Labute approximate surface area is 183 Å². The second-order valence-corrected chi connectivity index (χ2v) is 8.00. The quantitative estimate of drug-likeness (QED) is 0.645. The molecular formula is C21H21ClFN5O3. The van der Waals surface area contributed by atoms with E-state index in [4.69, 9.17) is 11.6 Å². The first-order valence-corrected chi connectivity index (χ1v) is 10.1. The average Bonchev–Trinajstić information content (AvgIpc) is 2.74. The number of ketones is 1. The van der Waals surface area contributed by atoms with E-state index in [1.165, 1.54) is 18.2 Å². The molecule has 1 saturated heterocycles. The maximum atomic E-state index is 14.1. The first kappa shape index (κ1) is 22.4. The molecular weight excluding hydrogens is 425 g/mol. The van der Waals surface area contributed by atoms with E-state index in [2.05, 4.69) is 15.3 Å². The molecule has 0 unspecified atom stereocenters. The van der Waals surface area contributed by atoms with Crippen LogP contribution in [0.4, 0.5) is 16.0 Å². The summed E-state index contributed by atoms with van der Waals surface area (Å²) in [6.45, 7) is 4.57. The minimum atomic E-state index is -1.34. The van der Waals surface area contributed by atoms with Crippen molar-refractivity contribution >= 4 is 35.0 Å². The Morgan fingerprint density at radius 1 is 1.32 bits per heavy atom. The number of aromatic carboxylic acids is 1. The zero-order chi connectivity index (χ0) is 22.7. The number of aromatic nitrogens is 2. The van der Waals surface area contributed by atoms with Crippen molar-refractivity contribution in [2.75, 3.05) is 23.3 Å². The van der Waals surface area contributed by atoms with E-state index in [1.807, 2.05) is 18.7 Å². The number of Topliss-reactive ketones (excluding diaryl/α,β-unsaturated/α-hetero) is 1. The first-order chi connectivity index (χ1) is 14.7. The Morgan fingerprint density at radius 3 is 2.58 bits per heavy atom. The van der Waals surface area contributed by atoms with Crippen molar-refractivity contribution in [2.45, 2.75) is 32.7 Å². The van der Waals surface area contributed by atoms with Crippen LogP contribution in [0.15, 0.2) is 18.2 Å². The number of hydrogen-bond acceptors (Lipinski definition) is 7. The lowest BCUT2D eigenvalue weighted by Gasteiger charge is -2.33. The molecule has 1 aromatic carbocycles. The van der Waals surface area contributed by atoms with Gasteiger partial charge in [-0.05, 0) is 44.9 Å². The van der Waals surface area contributed by atoms with Gasteiger partial charge in [-0.1, -0.05) is 11.6 Å². The number of carboxylic acids is 1. The smallest absolute Gasteiger partial charge is 0.357 e. The molecule has 0 radical (unpaired) electrons. The molecule has 162 valence electrons. The maximum Gasteiger partial charge on any atom is 0.357 e. The second kappa shape index (κ2) is 9.27. The van der Waals surface area contributed by atoms with Crippen molar-refractivity contribution in [2.24, 2.45) is 5.92 Å². The van der Waals surface area contributed by atoms with Gasteiger partial charge in [-0.15, -0.1) is 0 Å². The molecule has 0 aliphatic carbocycles. The third-order valence-electron chi connectivity index (χ3n) is 4.97. The lowest BCUT2D eigenvalue weighted by molar-refractivity contribution is 0.0689. The minimum absolute atomic E-state index is 0.0227. The highest BCUT2D eigenvalue weighted by Gasteiger charge is 2.30. The molecule has 0 saturated carbocycles. The zero-order valence-corrected chi connectivity index (χ0v) is 17.8. The molecule has 1 aromatic heterocycles. The van der Waals surface area contributed by atoms with E-state index < -0.39 is 17.5 Å². The van der Waals surface area contributed by atoms with E-state index in [0.29, 0.717) is 36.8 Å². The SMILES string of the molecule is CC(C)Nc1nc(C(=O)O)c(C#N)nc1N1CCC(C(=O)c2cc(Cl)ccc2F)CC1. The minimum Gasteiger partial charge on any atom is -0.476 e. The third kappa shape index (κ3) is 4.91. The molecule has 2 N–H and O–H groups in total. The van der Waals surface area contributed by atoms with Crippen molar-refractivity contribution in [1.29, 1.82) is 5.26 Å². The molecule has 2 heterocycles. The van der Waals surface area contributed by atoms with Crippen molar-refractivity contribution in [3.8, 4) is 6.07 Å². The monoisotopic (exact) mass is 445 g/mol. The lowest BCUT2D eigenvalue weighted by Crippen LogP contribution is -2.38. The van der Waals surface area contributed by atoms with Crippen molar-refractivity contribution in [3.05, 3.63) is 46.0 Å². The van der Waals surface area contributed by atoms with Crippen molar-refractivity contribution < 1.29 is 19.1 Å². The highest BCUT2D eigenvalue weighted by atomic mass is 35.5. The molecule has 3 rings (SSSR count). The van der Waals surface area contributed by atoms with Gasteiger partial charge >= 0.3 is 5.97 Å². The summed E-state index contributed by atoms with van der Waals surface area (Å²) in [6, 6.07) is 5.64. The predicted octanol–water partition coefficient (Wildman–Crippen LogP) is 3.76. The fourth-order valence-electron chi connectivity index (χ4n) is 3.50. The van der Waals surface area contributed by atoms with Crippen LogP contribution in [0.25, 0.3) is 0 Å². The summed E-state index contributed by atoms with van der Waals surface area (Å²) in [6.07, 6.45) is 0.881. The highest BCUT2D eigenvalue weighted by Crippen LogP contribution is 2.30. The van der Waals surface area contributed by atoms with Crippen LogP contribution in [-0.2, 0) is 0 Å². The van der Waals surface area contributed by atoms with E-state index in [1.54, 1.807) is 6.07 Å². The normalized spacial score (nSPS) is 14.4. The number of hydrogen-bond donors (Lipinski definition) is 2. The molecule has 1 aliphatic rings. The molecule has 1 fully saturated rings. The summed E-state index contributed by atoms with van der Waals surface area (Å²) in [5, 5.41) is 22.0. The number of rotatable bonds is 6. The molecule has 31 heavy (non-hydrogen) atoms. The maximum absolute atomic E-state index is 14.1. The van der Waals surface area contributed by atoms with Crippen LogP contribution >= 0.6 is 11.6 Å². The summed E-state index contributed by atoms with van der Waals surface area (Å²) in [4.78, 5) is 34.4. The van der Waals surface area contributed by atoms with Gasteiger partial charge in [0.1, 0.15) is 11.9 Å². The fourth-order valence-corrected chi connectivity index (χ4v) is 3.68. The molecule has 8 nitrogen and oxygen atoms in total. The fraction of sp³-hybridized carbons (Fsp3) is 0.381. The Morgan fingerprint density at radius 2 is 2.00 bits per heavy atom. The number of carbonyl (C=O) groups excluding carboxylic acids is 1. The molecule has 0 spiro atoms. The largest absolute Gasteiger partial charge is 0.476 e. The Hall–Kier alpha value is -3.25. The summed E-state index contributed by atoms with van der Waals surface area (Å²) in [5.74, 6) is -2.01. The van der Waals surface area contributed by atoms with E-state index in [0.717, 1.165) is 0 Å². The van der Waals surface area contributed by atoms with E-state index >= 15 is 0 Å². The van der Waals surface area contributed by atoms with E-state index in [-0.39, 0.29) is 34.8 Å². The number of nitrogens with zero attached hydrogens (tertiary/aromatic N) is 4. The Kier molecular flexibility index (Phi) is 6.71. The number of nitriles is 1. The van der Waals surface area contributed by atoms with Gasteiger partial charge in [0.25, 0.3) is 0 Å². The number of anilines is 2. The summed E-state index contributed by atoms with van der Waals surface area (Å²) < 4.78 is 14.1. The summed E-state index contributed by atoms with van der Waals surface area (Å²) in [5.41, 5.74) is -0.725. The lowest BCUT2D eigenvalue weighted by atomic mass is 9.88. The number of carbonyl (C=O) groups is 2. The van der Waals surface area contributed by atoms with Gasteiger partial charge in [-0.25, -0.2) is 19.2 Å². The predicted molar refractivity (Wildman–Crippen MR) is 113 cm³/mol. The third-order valence-corrected chi connectivity index (χ3v) is 5.21. The van der Waals surface area contributed by atoms with Gasteiger partial charge in [-0.3, -0.25) is 4.79 Å². The summed E-state index contributed by atoms with van der Waals surface area (Å²) >= 11 is 5.91. The molecule has 0 bridgehead atoms. The number of halogens is 2. The van der Waals surface area contributed by atoms with Crippen LogP contribution in [0.5, 0.6) is 0 Å². The van der Waals surface area contributed by atoms with Gasteiger partial charge in [0.05, 0.1) is 5.56 Å². The van der Waals surface area contributed by atoms with Gasteiger partial charge in [0, 0.05) is 30.1 Å². The van der Waals surface area contributed by atoms with Crippen LogP contribution in [0, 0.1) is 23.1 Å².